The van der Waals surface area contributed by atoms with Crippen LogP contribution in [0.4, 0.5) is 0 Å². The molecule has 1 heterocycles. The molecule has 1 aromatic carbocycles. The second-order valence-corrected chi connectivity index (χ2v) is 6.79. The third-order valence-electron chi connectivity index (χ3n) is 2.74. The van der Waals surface area contributed by atoms with Gasteiger partial charge in [0.2, 0.25) is 10.0 Å². The normalized spacial score (nSPS) is 11.7. The first-order valence-corrected chi connectivity index (χ1v) is 7.90. The fourth-order valence-corrected chi connectivity index (χ4v) is 3.68. The SMILES string of the molecule is Cc1ccc(Br)c(S(=O)(=O)NCc2ccnn2C)c1. The summed E-state index contributed by atoms with van der Waals surface area (Å²) in [6.45, 7) is 2.06. The lowest BCUT2D eigenvalue weighted by Gasteiger charge is -2.09. The molecule has 0 saturated heterocycles. The molecule has 102 valence electrons. The van der Waals surface area contributed by atoms with Crippen LogP contribution in [0.2, 0.25) is 0 Å². The molecule has 1 aromatic heterocycles. The van der Waals surface area contributed by atoms with E-state index in [4.69, 9.17) is 0 Å². The molecule has 0 unspecified atom stereocenters. The van der Waals surface area contributed by atoms with Gasteiger partial charge in [-0.25, -0.2) is 13.1 Å². The first-order chi connectivity index (χ1) is 8.90. The van der Waals surface area contributed by atoms with Crippen LogP contribution in [0.5, 0.6) is 0 Å². The quantitative estimate of drug-likeness (QED) is 0.922. The van der Waals surface area contributed by atoms with Gasteiger partial charge in [0.15, 0.2) is 0 Å². The van der Waals surface area contributed by atoms with E-state index >= 15 is 0 Å². The minimum absolute atomic E-state index is 0.208. The van der Waals surface area contributed by atoms with E-state index in [9.17, 15) is 8.42 Å². The van der Waals surface area contributed by atoms with Crippen molar-refractivity contribution in [2.24, 2.45) is 7.05 Å². The van der Waals surface area contributed by atoms with Gasteiger partial charge in [-0.1, -0.05) is 6.07 Å². The van der Waals surface area contributed by atoms with E-state index in [2.05, 4.69) is 25.8 Å². The third-order valence-corrected chi connectivity index (χ3v) is 5.14. The van der Waals surface area contributed by atoms with Crippen molar-refractivity contribution >= 4 is 26.0 Å². The van der Waals surface area contributed by atoms with Crippen LogP contribution < -0.4 is 4.72 Å². The van der Waals surface area contributed by atoms with E-state index in [1.165, 1.54) is 0 Å². The highest BCUT2D eigenvalue weighted by molar-refractivity contribution is 9.10. The van der Waals surface area contributed by atoms with Crippen LogP contribution in [0.25, 0.3) is 0 Å². The van der Waals surface area contributed by atoms with E-state index in [1.807, 2.05) is 13.0 Å². The van der Waals surface area contributed by atoms with Crippen LogP contribution in [0.15, 0.2) is 39.8 Å². The average molecular weight is 344 g/mol. The van der Waals surface area contributed by atoms with Crippen molar-refractivity contribution in [3.8, 4) is 0 Å². The first kappa shape index (κ1) is 14.2. The van der Waals surface area contributed by atoms with Crippen molar-refractivity contribution in [3.05, 3.63) is 46.2 Å². The summed E-state index contributed by atoms with van der Waals surface area (Å²) in [4.78, 5) is 0.245. The average Bonchev–Trinajstić information content (AvgIpc) is 2.75. The molecule has 0 aliphatic rings. The van der Waals surface area contributed by atoms with Crippen LogP contribution in [0, 0.1) is 6.92 Å². The van der Waals surface area contributed by atoms with E-state index < -0.39 is 10.0 Å². The van der Waals surface area contributed by atoms with E-state index in [1.54, 1.807) is 36.1 Å². The minimum Gasteiger partial charge on any atom is -0.271 e. The summed E-state index contributed by atoms with van der Waals surface area (Å²) in [7, 11) is -1.77. The predicted octanol–water partition coefficient (Wildman–Crippen LogP) is 1.97. The van der Waals surface area contributed by atoms with Crippen molar-refractivity contribution in [2.75, 3.05) is 0 Å². The predicted molar refractivity (Wildman–Crippen MR) is 76.1 cm³/mol. The summed E-state index contributed by atoms with van der Waals surface area (Å²) in [6.07, 6.45) is 1.63. The molecule has 0 aliphatic carbocycles. The molecule has 2 rings (SSSR count). The Morgan fingerprint density at radius 2 is 2.11 bits per heavy atom. The van der Waals surface area contributed by atoms with Crippen LogP contribution in [-0.2, 0) is 23.6 Å². The molecule has 0 spiro atoms. The standard InChI is InChI=1S/C12H14BrN3O2S/c1-9-3-4-11(13)12(7-9)19(17,18)15-8-10-5-6-14-16(10)2/h3-7,15H,8H2,1-2H3. The Morgan fingerprint density at radius 3 is 2.74 bits per heavy atom. The van der Waals surface area contributed by atoms with Gasteiger partial charge in [0.1, 0.15) is 0 Å². The molecule has 19 heavy (non-hydrogen) atoms. The third kappa shape index (κ3) is 3.23. The largest absolute Gasteiger partial charge is 0.271 e. The molecule has 0 fully saturated rings. The Kier molecular flexibility index (Phi) is 4.07. The summed E-state index contributed by atoms with van der Waals surface area (Å²) in [5.41, 5.74) is 1.69. The fourth-order valence-electron chi connectivity index (χ4n) is 1.64. The molecule has 0 amide bonds. The molecule has 0 saturated carbocycles. The molecule has 5 nitrogen and oxygen atoms in total. The number of benzene rings is 1. The Bertz CT molecular complexity index is 695. The smallest absolute Gasteiger partial charge is 0.242 e. The van der Waals surface area contributed by atoms with Crippen LogP contribution in [0.3, 0.4) is 0 Å². The van der Waals surface area contributed by atoms with Gasteiger partial charge in [-0.2, -0.15) is 5.10 Å². The fraction of sp³-hybridized carbons (Fsp3) is 0.250. The van der Waals surface area contributed by atoms with Crippen molar-refractivity contribution in [3.63, 3.8) is 0 Å². The number of aromatic nitrogens is 2. The molecule has 0 aliphatic heterocycles. The lowest BCUT2D eigenvalue weighted by molar-refractivity contribution is 0.576. The number of nitrogens with one attached hydrogen (secondary N) is 1. The highest BCUT2D eigenvalue weighted by atomic mass is 79.9. The maximum Gasteiger partial charge on any atom is 0.242 e. The van der Waals surface area contributed by atoms with Gasteiger partial charge in [0.05, 0.1) is 17.1 Å². The highest BCUT2D eigenvalue weighted by Crippen LogP contribution is 2.22. The zero-order chi connectivity index (χ0) is 14.0. The van der Waals surface area contributed by atoms with Gasteiger partial charge in [0.25, 0.3) is 0 Å². The number of rotatable bonds is 4. The van der Waals surface area contributed by atoms with Crippen LogP contribution in [0.1, 0.15) is 11.3 Å². The Balaban J connectivity index is 2.23. The molecule has 1 N–H and O–H groups in total. The lowest BCUT2D eigenvalue weighted by Crippen LogP contribution is -2.24. The zero-order valence-corrected chi connectivity index (χ0v) is 13.0. The zero-order valence-electron chi connectivity index (χ0n) is 10.6. The number of hydrogen-bond donors (Lipinski definition) is 1. The number of halogens is 1. The molecule has 7 heteroatoms. The van der Waals surface area contributed by atoms with Crippen molar-refractivity contribution in [1.29, 1.82) is 0 Å². The summed E-state index contributed by atoms with van der Waals surface area (Å²) in [5, 5.41) is 3.99. The number of sulfonamides is 1. The molecular formula is C12H14BrN3O2S. The summed E-state index contributed by atoms with van der Waals surface area (Å²) in [6, 6.07) is 6.99. The van der Waals surface area contributed by atoms with E-state index in [-0.39, 0.29) is 11.4 Å². The van der Waals surface area contributed by atoms with Gasteiger partial charge >= 0.3 is 0 Å². The van der Waals surface area contributed by atoms with Gasteiger partial charge in [0, 0.05) is 17.7 Å². The molecule has 0 atom stereocenters. The van der Waals surface area contributed by atoms with Crippen molar-refractivity contribution in [1.82, 2.24) is 14.5 Å². The van der Waals surface area contributed by atoms with Gasteiger partial charge in [-0.05, 0) is 46.6 Å². The van der Waals surface area contributed by atoms with Gasteiger partial charge in [-0.3, -0.25) is 4.68 Å². The van der Waals surface area contributed by atoms with Crippen LogP contribution >= 0.6 is 15.9 Å². The summed E-state index contributed by atoms with van der Waals surface area (Å²) >= 11 is 3.26. The maximum absolute atomic E-state index is 12.2. The second kappa shape index (κ2) is 5.44. The highest BCUT2D eigenvalue weighted by Gasteiger charge is 2.17. The van der Waals surface area contributed by atoms with Crippen molar-refractivity contribution in [2.45, 2.75) is 18.4 Å². The maximum atomic E-state index is 12.2. The molecule has 0 radical (unpaired) electrons. The Morgan fingerprint density at radius 1 is 1.37 bits per heavy atom. The lowest BCUT2D eigenvalue weighted by atomic mass is 10.2. The van der Waals surface area contributed by atoms with Crippen molar-refractivity contribution < 1.29 is 8.42 Å². The van der Waals surface area contributed by atoms with E-state index in [0.29, 0.717) is 4.47 Å². The molecular weight excluding hydrogens is 330 g/mol. The first-order valence-electron chi connectivity index (χ1n) is 5.63. The minimum atomic E-state index is -3.54. The van der Waals surface area contributed by atoms with Gasteiger partial charge < -0.3 is 0 Å². The summed E-state index contributed by atoms with van der Waals surface area (Å²) < 4.78 is 29.2. The van der Waals surface area contributed by atoms with Crippen LogP contribution in [-0.4, -0.2) is 18.2 Å². The van der Waals surface area contributed by atoms with Gasteiger partial charge in [-0.15, -0.1) is 0 Å². The van der Waals surface area contributed by atoms with E-state index in [0.717, 1.165) is 11.3 Å². The number of nitrogens with zero attached hydrogens (tertiary/aromatic N) is 2. The second-order valence-electron chi connectivity index (χ2n) is 4.20. The molecule has 0 bridgehead atoms. The Hall–Kier alpha value is -1.18. The molecule has 2 aromatic rings. The monoisotopic (exact) mass is 343 g/mol. The number of hydrogen-bond acceptors (Lipinski definition) is 3. The summed E-state index contributed by atoms with van der Waals surface area (Å²) in [5.74, 6) is 0. The number of aryl methyl sites for hydroxylation is 2. The topological polar surface area (TPSA) is 64.0 Å². The Labute approximate surface area is 120 Å².